The molecular weight excluding hydrogens is 378 g/mol. The first-order valence-electron chi connectivity index (χ1n) is 8.54. The molecule has 0 unspecified atom stereocenters. The van der Waals surface area contributed by atoms with Gasteiger partial charge in [0.05, 0.1) is 11.4 Å². The van der Waals surface area contributed by atoms with E-state index in [2.05, 4.69) is 20.1 Å². The quantitative estimate of drug-likeness (QED) is 0.687. The number of carbonyl (C=O) groups is 1. The van der Waals surface area contributed by atoms with E-state index in [1.807, 2.05) is 12.1 Å². The molecule has 1 amide bonds. The molecule has 0 atom stereocenters. The monoisotopic (exact) mass is 395 g/mol. The molecule has 0 spiro atoms. The van der Waals surface area contributed by atoms with Crippen LogP contribution in [0, 0.1) is 0 Å². The summed E-state index contributed by atoms with van der Waals surface area (Å²) in [6.07, 6.45) is 3.33. The molecule has 3 aromatic rings. The van der Waals surface area contributed by atoms with Gasteiger partial charge in [-0.1, -0.05) is 24.3 Å². The van der Waals surface area contributed by atoms with Crippen LogP contribution in [0.5, 0.6) is 0 Å². The molecule has 0 saturated heterocycles. The Morgan fingerprint density at radius 3 is 2.82 bits per heavy atom. The molecule has 0 radical (unpaired) electrons. The highest BCUT2D eigenvalue weighted by Crippen LogP contribution is 2.22. The lowest BCUT2D eigenvalue weighted by molar-refractivity contribution is -0.116. The third-order valence-electron chi connectivity index (χ3n) is 4.16. The number of rotatable bonds is 5. The van der Waals surface area contributed by atoms with E-state index in [1.54, 1.807) is 54.9 Å². The van der Waals surface area contributed by atoms with Crippen molar-refractivity contribution in [1.29, 1.82) is 0 Å². The molecule has 0 bridgehead atoms. The van der Waals surface area contributed by atoms with E-state index in [4.69, 9.17) is 0 Å². The molecule has 1 aliphatic rings. The maximum Gasteiger partial charge on any atom is 0.263 e. The minimum absolute atomic E-state index is 0.123. The summed E-state index contributed by atoms with van der Waals surface area (Å²) in [7, 11) is -3.55. The fourth-order valence-corrected chi connectivity index (χ4v) is 4.16. The van der Waals surface area contributed by atoms with Crippen LogP contribution in [0.3, 0.4) is 0 Å². The second kappa shape index (κ2) is 7.28. The molecule has 142 valence electrons. The molecule has 2 aromatic carbocycles. The van der Waals surface area contributed by atoms with Crippen LogP contribution in [0.2, 0.25) is 0 Å². The van der Waals surface area contributed by atoms with E-state index in [9.17, 15) is 13.2 Å². The first-order valence-corrected chi connectivity index (χ1v) is 10.0. The molecule has 28 heavy (non-hydrogen) atoms. The number of sulfonamides is 1. The minimum atomic E-state index is -3.55. The number of anilines is 1. The van der Waals surface area contributed by atoms with Gasteiger partial charge in [0.25, 0.3) is 10.0 Å². The van der Waals surface area contributed by atoms with Crippen LogP contribution >= 0.6 is 0 Å². The van der Waals surface area contributed by atoms with Crippen molar-refractivity contribution in [1.82, 2.24) is 14.5 Å². The Morgan fingerprint density at radius 1 is 1.14 bits per heavy atom. The molecule has 1 aliphatic heterocycles. The SMILES string of the molecule is O=C(Cn1cccn1)Nc1cccc(CN=C2NS(=O)(=O)c3ccccc32)c1. The first kappa shape index (κ1) is 17.9. The van der Waals surface area contributed by atoms with Crippen molar-refractivity contribution in [2.75, 3.05) is 5.32 Å². The lowest BCUT2D eigenvalue weighted by Gasteiger charge is -2.07. The number of carbonyl (C=O) groups excluding carboxylic acids is 1. The first-order chi connectivity index (χ1) is 13.5. The zero-order valence-electron chi connectivity index (χ0n) is 14.7. The van der Waals surface area contributed by atoms with Crippen LogP contribution in [0.1, 0.15) is 11.1 Å². The molecule has 4 rings (SSSR count). The van der Waals surface area contributed by atoms with Crippen molar-refractivity contribution in [3.8, 4) is 0 Å². The Morgan fingerprint density at radius 2 is 2.00 bits per heavy atom. The minimum Gasteiger partial charge on any atom is -0.324 e. The van der Waals surface area contributed by atoms with Gasteiger partial charge in [0, 0.05) is 23.6 Å². The highest BCUT2D eigenvalue weighted by Gasteiger charge is 2.29. The average molecular weight is 395 g/mol. The van der Waals surface area contributed by atoms with E-state index in [0.29, 0.717) is 17.1 Å². The standard InChI is InChI=1S/C19H17N5O3S/c25-18(13-24-10-4-9-21-24)22-15-6-3-5-14(11-15)12-20-19-16-7-1-2-8-17(16)28(26,27)23-19/h1-11H,12-13H2,(H,20,23)(H,22,25). The number of nitrogens with zero attached hydrogens (tertiary/aromatic N) is 3. The molecule has 0 fully saturated rings. The lowest BCUT2D eigenvalue weighted by atomic mass is 10.2. The number of fused-ring (bicyclic) bond motifs is 1. The summed E-state index contributed by atoms with van der Waals surface area (Å²) in [6.45, 7) is 0.396. The topological polar surface area (TPSA) is 105 Å². The van der Waals surface area contributed by atoms with E-state index < -0.39 is 10.0 Å². The van der Waals surface area contributed by atoms with E-state index in [1.165, 1.54) is 4.68 Å². The number of hydrogen-bond acceptors (Lipinski definition) is 5. The molecule has 9 heteroatoms. The van der Waals surface area contributed by atoms with Crippen molar-refractivity contribution < 1.29 is 13.2 Å². The van der Waals surface area contributed by atoms with E-state index in [-0.39, 0.29) is 23.9 Å². The average Bonchev–Trinajstić information content (AvgIpc) is 3.26. The highest BCUT2D eigenvalue weighted by atomic mass is 32.2. The Balaban J connectivity index is 1.47. The summed E-state index contributed by atoms with van der Waals surface area (Å²) in [6, 6.07) is 15.7. The van der Waals surface area contributed by atoms with Crippen molar-refractivity contribution >= 4 is 27.5 Å². The second-order valence-corrected chi connectivity index (χ2v) is 7.87. The number of nitrogens with one attached hydrogen (secondary N) is 2. The zero-order chi connectivity index (χ0) is 19.6. The Hall–Kier alpha value is -3.46. The van der Waals surface area contributed by atoms with Gasteiger partial charge in [-0.05, 0) is 35.9 Å². The molecule has 1 aromatic heterocycles. The number of amidine groups is 1. The molecule has 2 N–H and O–H groups in total. The van der Waals surface area contributed by atoms with Crippen LogP contribution in [0.25, 0.3) is 0 Å². The van der Waals surface area contributed by atoms with Crippen LogP contribution in [-0.2, 0) is 27.9 Å². The third-order valence-corrected chi connectivity index (χ3v) is 5.56. The van der Waals surface area contributed by atoms with Crippen molar-refractivity contribution in [3.63, 3.8) is 0 Å². The van der Waals surface area contributed by atoms with Crippen molar-refractivity contribution in [2.45, 2.75) is 18.0 Å². The number of amides is 1. The maximum absolute atomic E-state index is 12.1. The predicted octanol–water partition coefficient (Wildman–Crippen LogP) is 1.76. The fraction of sp³-hybridized carbons (Fsp3) is 0.105. The molecule has 0 aliphatic carbocycles. The van der Waals surface area contributed by atoms with Gasteiger partial charge in [0.1, 0.15) is 12.4 Å². The predicted molar refractivity (Wildman–Crippen MR) is 104 cm³/mol. The Labute approximate surface area is 162 Å². The Bertz CT molecular complexity index is 1150. The summed E-state index contributed by atoms with van der Waals surface area (Å²) in [5, 5.41) is 6.82. The normalized spacial score (nSPS) is 15.8. The van der Waals surface area contributed by atoms with Crippen molar-refractivity contribution in [2.24, 2.45) is 4.99 Å². The highest BCUT2D eigenvalue weighted by molar-refractivity contribution is 7.90. The van der Waals surface area contributed by atoms with Gasteiger partial charge in [-0.15, -0.1) is 0 Å². The summed E-state index contributed by atoms with van der Waals surface area (Å²) in [5.74, 6) is 0.133. The largest absolute Gasteiger partial charge is 0.324 e. The van der Waals surface area contributed by atoms with Gasteiger partial charge in [0.15, 0.2) is 0 Å². The van der Waals surface area contributed by atoms with Crippen LogP contribution in [-0.4, -0.2) is 29.9 Å². The van der Waals surface area contributed by atoms with Gasteiger partial charge < -0.3 is 5.32 Å². The smallest absolute Gasteiger partial charge is 0.263 e. The van der Waals surface area contributed by atoms with Gasteiger partial charge in [0.2, 0.25) is 5.91 Å². The number of aliphatic imine (C=N–C) groups is 1. The summed E-state index contributed by atoms with van der Waals surface area (Å²) in [5.41, 5.74) is 2.04. The summed E-state index contributed by atoms with van der Waals surface area (Å²) in [4.78, 5) is 16.7. The van der Waals surface area contributed by atoms with Crippen molar-refractivity contribution in [3.05, 3.63) is 78.1 Å². The maximum atomic E-state index is 12.1. The van der Waals surface area contributed by atoms with Crippen LogP contribution in [0.15, 0.2) is 76.9 Å². The number of hydrogen-bond donors (Lipinski definition) is 2. The number of aromatic nitrogens is 2. The third kappa shape index (κ3) is 3.79. The molecule has 8 nitrogen and oxygen atoms in total. The van der Waals surface area contributed by atoms with E-state index >= 15 is 0 Å². The summed E-state index contributed by atoms with van der Waals surface area (Å²) < 4.78 is 28.3. The zero-order valence-corrected chi connectivity index (χ0v) is 15.6. The van der Waals surface area contributed by atoms with Crippen LogP contribution in [0.4, 0.5) is 5.69 Å². The van der Waals surface area contributed by atoms with Gasteiger partial charge in [-0.3, -0.25) is 19.2 Å². The Kier molecular flexibility index (Phi) is 4.66. The number of benzene rings is 2. The van der Waals surface area contributed by atoms with Gasteiger partial charge >= 0.3 is 0 Å². The fourth-order valence-electron chi connectivity index (χ4n) is 2.91. The molecular formula is C19H17N5O3S. The van der Waals surface area contributed by atoms with Crippen LogP contribution < -0.4 is 10.0 Å². The van der Waals surface area contributed by atoms with E-state index in [0.717, 1.165) is 5.56 Å². The van der Waals surface area contributed by atoms with Gasteiger partial charge in [-0.25, -0.2) is 8.42 Å². The van der Waals surface area contributed by atoms with Gasteiger partial charge in [-0.2, -0.15) is 5.10 Å². The summed E-state index contributed by atoms with van der Waals surface area (Å²) >= 11 is 0. The molecule has 0 saturated carbocycles. The molecule has 2 heterocycles. The second-order valence-electron chi connectivity index (χ2n) is 6.22. The lowest BCUT2D eigenvalue weighted by Crippen LogP contribution is -2.22.